The molecule has 9 heteroatoms. The van der Waals surface area contributed by atoms with Gasteiger partial charge in [0.15, 0.2) is 5.96 Å². The number of hydrogen-bond donors (Lipinski definition) is 2. The summed E-state index contributed by atoms with van der Waals surface area (Å²) in [6.07, 6.45) is 4.43. The van der Waals surface area contributed by atoms with Gasteiger partial charge in [0.2, 0.25) is 5.91 Å². The molecule has 0 unspecified atom stereocenters. The molecule has 2 rings (SSSR count). The van der Waals surface area contributed by atoms with E-state index in [1.54, 1.807) is 14.0 Å². The van der Waals surface area contributed by atoms with Crippen LogP contribution in [0.15, 0.2) is 23.6 Å². The lowest BCUT2D eigenvalue weighted by Gasteiger charge is -2.36. The minimum absolute atomic E-state index is 0.101. The molecule has 0 aromatic carbocycles. The number of aliphatic imine (C=N–C) groups is 1. The summed E-state index contributed by atoms with van der Waals surface area (Å²) in [5.74, 6) is 0.617. The Labute approximate surface area is 141 Å². The summed E-state index contributed by atoms with van der Waals surface area (Å²) < 4.78 is 0. The molecule has 2 amide bonds. The van der Waals surface area contributed by atoms with Gasteiger partial charge in [0.1, 0.15) is 5.69 Å². The molecular formula is C15H23N7O2. The van der Waals surface area contributed by atoms with E-state index in [-0.39, 0.29) is 11.8 Å². The second kappa shape index (κ2) is 8.80. The zero-order valence-electron chi connectivity index (χ0n) is 14.0. The molecule has 1 aromatic rings. The first kappa shape index (κ1) is 17.6. The molecule has 130 valence electrons. The first-order chi connectivity index (χ1) is 11.6. The van der Waals surface area contributed by atoms with Crippen LogP contribution in [0.2, 0.25) is 0 Å². The molecule has 24 heavy (non-hydrogen) atoms. The molecule has 0 bridgehead atoms. The molecule has 0 spiro atoms. The smallest absolute Gasteiger partial charge is 0.271 e. The van der Waals surface area contributed by atoms with Crippen molar-refractivity contribution in [3.8, 4) is 0 Å². The van der Waals surface area contributed by atoms with E-state index in [1.807, 2.05) is 4.90 Å². The van der Waals surface area contributed by atoms with Crippen molar-refractivity contribution in [2.45, 2.75) is 6.92 Å². The third-order valence-electron chi connectivity index (χ3n) is 3.73. The zero-order chi connectivity index (χ0) is 17.4. The van der Waals surface area contributed by atoms with Crippen LogP contribution in [0.25, 0.3) is 0 Å². The number of piperazine rings is 1. The molecular weight excluding hydrogens is 310 g/mol. The Morgan fingerprint density at radius 1 is 1.12 bits per heavy atom. The maximum absolute atomic E-state index is 11.8. The van der Waals surface area contributed by atoms with Crippen LogP contribution in [0, 0.1) is 0 Å². The van der Waals surface area contributed by atoms with Crippen molar-refractivity contribution >= 4 is 17.8 Å². The molecule has 1 saturated heterocycles. The Morgan fingerprint density at radius 2 is 1.79 bits per heavy atom. The molecule has 1 aliphatic heterocycles. The van der Waals surface area contributed by atoms with E-state index in [2.05, 4.69) is 30.5 Å². The predicted octanol–water partition coefficient (Wildman–Crippen LogP) is -1.05. The van der Waals surface area contributed by atoms with E-state index in [0.717, 1.165) is 19.0 Å². The highest BCUT2D eigenvalue weighted by Crippen LogP contribution is 2.02. The van der Waals surface area contributed by atoms with E-state index in [0.29, 0.717) is 31.9 Å². The summed E-state index contributed by atoms with van der Waals surface area (Å²) >= 11 is 0. The van der Waals surface area contributed by atoms with Gasteiger partial charge in [0, 0.05) is 65.6 Å². The molecule has 1 fully saturated rings. The lowest BCUT2D eigenvalue weighted by molar-refractivity contribution is -0.130. The van der Waals surface area contributed by atoms with E-state index in [9.17, 15) is 9.59 Å². The first-order valence-corrected chi connectivity index (χ1v) is 7.87. The summed E-state index contributed by atoms with van der Waals surface area (Å²) in [7, 11) is 1.72. The van der Waals surface area contributed by atoms with Crippen LogP contribution in [0.4, 0.5) is 0 Å². The highest BCUT2D eigenvalue weighted by Gasteiger charge is 2.20. The fraction of sp³-hybridized carbons (Fsp3) is 0.533. The average molecular weight is 333 g/mol. The fourth-order valence-corrected chi connectivity index (χ4v) is 2.42. The van der Waals surface area contributed by atoms with Gasteiger partial charge in [-0.25, -0.2) is 4.98 Å². The van der Waals surface area contributed by atoms with Crippen LogP contribution in [-0.4, -0.2) is 83.9 Å². The van der Waals surface area contributed by atoms with E-state index in [1.165, 1.54) is 18.6 Å². The van der Waals surface area contributed by atoms with Gasteiger partial charge < -0.3 is 20.4 Å². The van der Waals surface area contributed by atoms with Crippen molar-refractivity contribution in [3.63, 3.8) is 0 Å². The van der Waals surface area contributed by atoms with E-state index < -0.39 is 0 Å². The monoisotopic (exact) mass is 333 g/mol. The summed E-state index contributed by atoms with van der Waals surface area (Å²) in [6.45, 7) is 5.45. The fourth-order valence-electron chi connectivity index (χ4n) is 2.42. The van der Waals surface area contributed by atoms with E-state index in [4.69, 9.17) is 0 Å². The number of nitrogens with zero attached hydrogens (tertiary/aromatic N) is 5. The minimum atomic E-state index is -0.255. The van der Waals surface area contributed by atoms with Gasteiger partial charge in [-0.15, -0.1) is 0 Å². The summed E-state index contributed by atoms with van der Waals surface area (Å²) in [4.78, 5) is 39.2. The third-order valence-corrected chi connectivity index (χ3v) is 3.73. The molecule has 0 radical (unpaired) electrons. The molecule has 2 N–H and O–H groups in total. The van der Waals surface area contributed by atoms with Crippen LogP contribution >= 0.6 is 0 Å². The molecule has 0 aliphatic carbocycles. The van der Waals surface area contributed by atoms with Crippen molar-refractivity contribution < 1.29 is 9.59 Å². The van der Waals surface area contributed by atoms with E-state index >= 15 is 0 Å². The summed E-state index contributed by atoms with van der Waals surface area (Å²) in [6, 6.07) is 0. The Kier molecular flexibility index (Phi) is 6.47. The van der Waals surface area contributed by atoms with Gasteiger partial charge in [-0.2, -0.15) is 0 Å². The molecule has 2 heterocycles. The number of carbonyl (C=O) groups is 2. The topological polar surface area (TPSA) is 103 Å². The molecule has 1 aliphatic rings. The number of carbonyl (C=O) groups excluding carboxylic acids is 2. The third kappa shape index (κ3) is 4.90. The van der Waals surface area contributed by atoms with Gasteiger partial charge in [0.25, 0.3) is 5.91 Å². The van der Waals surface area contributed by atoms with Crippen molar-refractivity contribution in [2.24, 2.45) is 4.99 Å². The quantitative estimate of drug-likeness (QED) is 0.414. The Bertz CT molecular complexity index is 583. The standard InChI is InChI=1S/C15H23N7O2/c1-12(23)21-7-9-22(10-8-21)15(16-2)20-6-5-19-14(24)13-11-17-3-4-18-13/h3-4,11H,5-10H2,1-2H3,(H,16,20)(H,19,24). The van der Waals surface area contributed by atoms with Gasteiger partial charge in [-0.3, -0.25) is 19.6 Å². The molecule has 0 saturated carbocycles. The minimum Gasteiger partial charge on any atom is -0.354 e. The Hall–Kier alpha value is -2.71. The normalized spacial score (nSPS) is 15.2. The highest BCUT2D eigenvalue weighted by atomic mass is 16.2. The number of nitrogens with one attached hydrogen (secondary N) is 2. The molecule has 9 nitrogen and oxygen atoms in total. The maximum atomic E-state index is 11.8. The van der Waals surface area contributed by atoms with Crippen LogP contribution in [0.3, 0.4) is 0 Å². The lowest BCUT2D eigenvalue weighted by Crippen LogP contribution is -2.54. The predicted molar refractivity (Wildman–Crippen MR) is 89.6 cm³/mol. The highest BCUT2D eigenvalue weighted by molar-refractivity contribution is 5.91. The Balaban J connectivity index is 1.71. The zero-order valence-corrected chi connectivity index (χ0v) is 14.0. The second-order valence-electron chi connectivity index (χ2n) is 5.31. The largest absolute Gasteiger partial charge is 0.354 e. The molecule has 0 atom stereocenters. The number of rotatable bonds is 4. The van der Waals surface area contributed by atoms with Crippen LogP contribution < -0.4 is 10.6 Å². The van der Waals surface area contributed by atoms with Crippen molar-refractivity contribution in [3.05, 3.63) is 24.3 Å². The summed E-state index contributed by atoms with van der Waals surface area (Å²) in [5, 5.41) is 5.98. The van der Waals surface area contributed by atoms with Crippen molar-refractivity contribution in [1.29, 1.82) is 0 Å². The number of aromatic nitrogens is 2. The van der Waals surface area contributed by atoms with Crippen LogP contribution in [-0.2, 0) is 4.79 Å². The van der Waals surface area contributed by atoms with Gasteiger partial charge in [-0.05, 0) is 0 Å². The lowest BCUT2D eigenvalue weighted by atomic mass is 10.3. The average Bonchev–Trinajstić information content (AvgIpc) is 2.62. The SMILES string of the molecule is CN=C(NCCNC(=O)c1cnccn1)N1CCN(C(C)=O)CC1. The van der Waals surface area contributed by atoms with Gasteiger partial charge in [-0.1, -0.05) is 0 Å². The summed E-state index contributed by atoms with van der Waals surface area (Å²) in [5.41, 5.74) is 0.294. The van der Waals surface area contributed by atoms with Crippen LogP contribution in [0.5, 0.6) is 0 Å². The first-order valence-electron chi connectivity index (χ1n) is 7.87. The molecule has 1 aromatic heterocycles. The van der Waals surface area contributed by atoms with Crippen LogP contribution in [0.1, 0.15) is 17.4 Å². The number of hydrogen-bond acceptors (Lipinski definition) is 5. The van der Waals surface area contributed by atoms with Gasteiger partial charge in [0.05, 0.1) is 6.20 Å². The van der Waals surface area contributed by atoms with Crippen molar-refractivity contribution in [2.75, 3.05) is 46.3 Å². The van der Waals surface area contributed by atoms with Gasteiger partial charge >= 0.3 is 0 Å². The second-order valence-corrected chi connectivity index (χ2v) is 5.31. The maximum Gasteiger partial charge on any atom is 0.271 e. The number of guanidine groups is 1. The number of amides is 2. The Morgan fingerprint density at radius 3 is 2.38 bits per heavy atom. The van der Waals surface area contributed by atoms with Crippen molar-refractivity contribution in [1.82, 2.24) is 30.4 Å².